The average molecular weight is 256 g/mol. The smallest absolute Gasteiger partial charge is 0.251 e. The number of amides is 1. The molecule has 19 heavy (non-hydrogen) atoms. The number of carbonyl (C=O) groups excluding carboxylic acids is 1. The Hall–Kier alpha value is -2.70. The van der Waals surface area contributed by atoms with Gasteiger partial charge in [0.1, 0.15) is 16.9 Å². The van der Waals surface area contributed by atoms with Gasteiger partial charge in [0.25, 0.3) is 5.91 Å². The van der Waals surface area contributed by atoms with Gasteiger partial charge < -0.3 is 10.3 Å². The molecule has 3 aromatic rings. The zero-order valence-corrected chi connectivity index (χ0v) is 10.2. The minimum Gasteiger partial charge on any atom is -0.347 e. The fourth-order valence-corrected chi connectivity index (χ4v) is 1.84. The van der Waals surface area contributed by atoms with Crippen LogP contribution in [0.1, 0.15) is 29.1 Å². The second-order valence-corrected chi connectivity index (χ2v) is 4.20. The molecule has 3 N–H and O–H groups in total. The first kappa shape index (κ1) is 11.4. The number of hydrogen-bond donors (Lipinski definition) is 3. The number of aromatic nitrogens is 5. The highest BCUT2D eigenvalue weighted by Crippen LogP contribution is 2.12. The van der Waals surface area contributed by atoms with E-state index >= 15 is 0 Å². The van der Waals surface area contributed by atoms with Crippen molar-refractivity contribution in [3.05, 3.63) is 42.0 Å². The van der Waals surface area contributed by atoms with Crippen molar-refractivity contribution in [3.8, 4) is 0 Å². The number of fused-ring (bicyclic) bond motifs is 1. The predicted molar refractivity (Wildman–Crippen MR) is 68.4 cm³/mol. The quantitative estimate of drug-likeness (QED) is 0.655. The molecule has 0 aliphatic heterocycles. The Morgan fingerprint density at radius 2 is 2.16 bits per heavy atom. The molecule has 96 valence electrons. The van der Waals surface area contributed by atoms with Crippen LogP contribution in [-0.2, 0) is 0 Å². The zero-order chi connectivity index (χ0) is 13.2. The number of aromatic amines is 2. The van der Waals surface area contributed by atoms with E-state index in [1.807, 2.05) is 6.92 Å². The molecule has 0 spiro atoms. The Morgan fingerprint density at radius 1 is 1.32 bits per heavy atom. The SMILES string of the molecule is CC(NC(=O)c1ccc2n[nH]nc2c1)c1ncc[nH]1. The molecule has 1 unspecified atom stereocenters. The predicted octanol–water partition coefficient (Wildman–Crippen LogP) is 1.17. The molecule has 1 atom stereocenters. The van der Waals surface area contributed by atoms with Crippen molar-refractivity contribution in [3.63, 3.8) is 0 Å². The number of H-pyrrole nitrogens is 2. The number of carbonyl (C=O) groups is 1. The Morgan fingerprint density at radius 3 is 2.95 bits per heavy atom. The molecular formula is C12H12N6O. The lowest BCUT2D eigenvalue weighted by atomic mass is 10.1. The van der Waals surface area contributed by atoms with E-state index in [0.29, 0.717) is 11.1 Å². The summed E-state index contributed by atoms with van der Waals surface area (Å²) in [5.41, 5.74) is 1.94. The van der Waals surface area contributed by atoms with E-state index in [0.717, 1.165) is 11.3 Å². The molecule has 0 saturated heterocycles. The molecule has 0 aliphatic carbocycles. The molecule has 7 heteroatoms. The molecule has 1 aromatic carbocycles. The Balaban J connectivity index is 1.79. The van der Waals surface area contributed by atoms with Gasteiger partial charge in [0, 0.05) is 18.0 Å². The van der Waals surface area contributed by atoms with Crippen LogP contribution in [0.15, 0.2) is 30.6 Å². The molecular weight excluding hydrogens is 244 g/mol. The first-order valence-corrected chi connectivity index (χ1v) is 5.85. The summed E-state index contributed by atoms with van der Waals surface area (Å²) in [6.45, 7) is 1.87. The van der Waals surface area contributed by atoms with Crippen molar-refractivity contribution in [2.24, 2.45) is 0 Å². The van der Waals surface area contributed by atoms with Crippen LogP contribution < -0.4 is 5.32 Å². The van der Waals surface area contributed by atoms with Gasteiger partial charge in [-0.05, 0) is 25.1 Å². The first-order chi connectivity index (χ1) is 9.24. The summed E-state index contributed by atoms with van der Waals surface area (Å²) in [5.74, 6) is 0.546. The van der Waals surface area contributed by atoms with Gasteiger partial charge in [0.2, 0.25) is 0 Å². The lowest BCUT2D eigenvalue weighted by Gasteiger charge is -2.11. The molecule has 0 saturated carbocycles. The normalized spacial score (nSPS) is 12.5. The van der Waals surface area contributed by atoms with E-state index in [-0.39, 0.29) is 11.9 Å². The fraction of sp³-hybridized carbons (Fsp3) is 0.167. The van der Waals surface area contributed by atoms with Crippen LogP contribution in [0.25, 0.3) is 11.0 Å². The summed E-state index contributed by atoms with van der Waals surface area (Å²) < 4.78 is 0. The van der Waals surface area contributed by atoms with Crippen molar-refractivity contribution in [2.45, 2.75) is 13.0 Å². The maximum absolute atomic E-state index is 12.1. The van der Waals surface area contributed by atoms with E-state index in [1.165, 1.54) is 0 Å². The molecule has 0 bridgehead atoms. The Labute approximate surface area is 108 Å². The van der Waals surface area contributed by atoms with Gasteiger partial charge in [0.15, 0.2) is 0 Å². The maximum Gasteiger partial charge on any atom is 0.251 e. The zero-order valence-electron chi connectivity index (χ0n) is 10.2. The molecule has 0 radical (unpaired) electrons. The Bertz CT molecular complexity index is 702. The average Bonchev–Trinajstić information content (AvgIpc) is 3.09. The minimum absolute atomic E-state index is 0.172. The standard InChI is InChI=1S/C12H12N6O/c1-7(11-13-4-5-14-11)15-12(19)8-2-3-9-10(6-8)17-18-16-9/h2-7H,1H3,(H,13,14)(H,15,19)(H,16,17,18). The largest absolute Gasteiger partial charge is 0.347 e. The molecule has 0 aliphatic rings. The number of hydrogen-bond acceptors (Lipinski definition) is 4. The van der Waals surface area contributed by atoms with E-state index < -0.39 is 0 Å². The van der Waals surface area contributed by atoms with Gasteiger partial charge in [-0.15, -0.1) is 0 Å². The van der Waals surface area contributed by atoms with Gasteiger partial charge in [-0.1, -0.05) is 0 Å². The summed E-state index contributed by atoms with van der Waals surface area (Å²) in [6.07, 6.45) is 3.37. The van der Waals surface area contributed by atoms with Crippen molar-refractivity contribution in [1.82, 2.24) is 30.7 Å². The maximum atomic E-state index is 12.1. The highest BCUT2D eigenvalue weighted by atomic mass is 16.1. The summed E-state index contributed by atoms with van der Waals surface area (Å²) in [6, 6.07) is 4.99. The third-order valence-corrected chi connectivity index (χ3v) is 2.86. The summed E-state index contributed by atoms with van der Waals surface area (Å²) in [5, 5.41) is 13.3. The molecule has 2 heterocycles. The monoisotopic (exact) mass is 256 g/mol. The topological polar surface area (TPSA) is 99.3 Å². The lowest BCUT2D eigenvalue weighted by molar-refractivity contribution is 0.0938. The van der Waals surface area contributed by atoms with E-state index in [4.69, 9.17) is 0 Å². The van der Waals surface area contributed by atoms with E-state index in [2.05, 4.69) is 30.7 Å². The number of rotatable bonds is 3. The Kier molecular flexibility index (Phi) is 2.71. The molecule has 2 aromatic heterocycles. The van der Waals surface area contributed by atoms with Crippen molar-refractivity contribution in [2.75, 3.05) is 0 Å². The van der Waals surface area contributed by atoms with Gasteiger partial charge in [-0.2, -0.15) is 15.4 Å². The van der Waals surface area contributed by atoms with Crippen molar-refractivity contribution < 1.29 is 4.79 Å². The van der Waals surface area contributed by atoms with Crippen LogP contribution >= 0.6 is 0 Å². The highest BCUT2D eigenvalue weighted by molar-refractivity contribution is 5.97. The van der Waals surface area contributed by atoms with Crippen LogP contribution in [-0.4, -0.2) is 31.3 Å². The number of imidazole rings is 1. The van der Waals surface area contributed by atoms with Crippen molar-refractivity contribution >= 4 is 16.9 Å². The summed E-state index contributed by atoms with van der Waals surface area (Å²) in [4.78, 5) is 19.2. The number of nitrogens with one attached hydrogen (secondary N) is 3. The third-order valence-electron chi connectivity index (χ3n) is 2.86. The second-order valence-electron chi connectivity index (χ2n) is 4.20. The second kappa shape index (κ2) is 4.52. The van der Waals surface area contributed by atoms with Crippen LogP contribution in [0.4, 0.5) is 0 Å². The molecule has 1 amide bonds. The van der Waals surface area contributed by atoms with Crippen LogP contribution in [0.2, 0.25) is 0 Å². The number of benzene rings is 1. The molecule has 7 nitrogen and oxygen atoms in total. The third kappa shape index (κ3) is 2.17. The number of nitrogens with zero attached hydrogens (tertiary/aromatic N) is 3. The van der Waals surface area contributed by atoms with Crippen LogP contribution in [0.5, 0.6) is 0 Å². The van der Waals surface area contributed by atoms with Crippen molar-refractivity contribution in [1.29, 1.82) is 0 Å². The van der Waals surface area contributed by atoms with Crippen LogP contribution in [0, 0.1) is 0 Å². The summed E-state index contributed by atoms with van der Waals surface area (Å²) >= 11 is 0. The molecule has 3 rings (SSSR count). The van der Waals surface area contributed by atoms with Gasteiger partial charge in [0.05, 0.1) is 6.04 Å². The fourth-order valence-electron chi connectivity index (χ4n) is 1.84. The van der Waals surface area contributed by atoms with Gasteiger partial charge >= 0.3 is 0 Å². The highest BCUT2D eigenvalue weighted by Gasteiger charge is 2.13. The van der Waals surface area contributed by atoms with Gasteiger partial charge in [-0.25, -0.2) is 4.98 Å². The van der Waals surface area contributed by atoms with Gasteiger partial charge in [-0.3, -0.25) is 4.79 Å². The van der Waals surface area contributed by atoms with E-state index in [9.17, 15) is 4.79 Å². The van der Waals surface area contributed by atoms with Crippen LogP contribution in [0.3, 0.4) is 0 Å². The first-order valence-electron chi connectivity index (χ1n) is 5.85. The lowest BCUT2D eigenvalue weighted by Crippen LogP contribution is -2.27. The van der Waals surface area contributed by atoms with E-state index in [1.54, 1.807) is 30.6 Å². The summed E-state index contributed by atoms with van der Waals surface area (Å²) in [7, 11) is 0. The minimum atomic E-state index is -0.185. The molecule has 0 fully saturated rings.